The fraction of sp³-hybridized carbons (Fsp3) is 0.600. The predicted molar refractivity (Wildman–Crippen MR) is 83.2 cm³/mol. The lowest BCUT2D eigenvalue weighted by Crippen LogP contribution is -2.33. The zero-order valence-electron chi connectivity index (χ0n) is 11.2. The number of unbranched alkanes of at least 4 members (excludes halogenated alkanes) is 1. The average Bonchev–Trinajstić information content (AvgIpc) is 2.43. The number of nitrogens with zero attached hydrogens (tertiary/aromatic N) is 1. The van der Waals surface area contributed by atoms with Crippen LogP contribution in [-0.4, -0.2) is 31.1 Å². The number of hydrogen-bond donors (Lipinski definition) is 1. The van der Waals surface area contributed by atoms with Crippen molar-refractivity contribution in [2.45, 2.75) is 31.6 Å². The minimum Gasteiger partial charge on any atom is -0.330 e. The molecule has 1 aliphatic rings. The molecule has 106 valence electrons. The SMILES string of the molecule is NCCCCN1CCC(c2cccc(Cl)c2Cl)CC1. The van der Waals surface area contributed by atoms with E-state index >= 15 is 0 Å². The van der Waals surface area contributed by atoms with E-state index in [1.807, 2.05) is 12.1 Å². The van der Waals surface area contributed by atoms with Crippen molar-refractivity contribution in [3.8, 4) is 0 Å². The second kappa shape index (κ2) is 7.49. The van der Waals surface area contributed by atoms with Crippen LogP contribution in [0.15, 0.2) is 18.2 Å². The molecule has 0 atom stereocenters. The summed E-state index contributed by atoms with van der Waals surface area (Å²) in [5.41, 5.74) is 6.75. The third-order valence-electron chi connectivity index (χ3n) is 3.94. The Bertz CT molecular complexity index is 401. The Morgan fingerprint density at radius 3 is 2.58 bits per heavy atom. The third-order valence-corrected chi connectivity index (χ3v) is 4.77. The second-order valence-electron chi connectivity index (χ2n) is 5.25. The molecule has 0 amide bonds. The highest BCUT2D eigenvalue weighted by atomic mass is 35.5. The van der Waals surface area contributed by atoms with Gasteiger partial charge in [0, 0.05) is 0 Å². The number of likely N-dealkylation sites (tertiary alicyclic amines) is 1. The molecule has 2 rings (SSSR count). The molecular weight excluding hydrogens is 279 g/mol. The molecule has 1 saturated heterocycles. The Balaban J connectivity index is 1.87. The summed E-state index contributed by atoms with van der Waals surface area (Å²) in [4.78, 5) is 2.53. The van der Waals surface area contributed by atoms with E-state index in [2.05, 4.69) is 11.0 Å². The van der Waals surface area contributed by atoms with Crippen LogP contribution >= 0.6 is 23.2 Å². The van der Waals surface area contributed by atoms with Gasteiger partial charge in [0.05, 0.1) is 10.0 Å². The minimum absolute atomic E-state index is 0.553. The van der Waals surface area contributed by atoms with Crippen molar-refractivity contribution in [2.75, 3.05) is 26.2 Å². The van der Waals surface area contributed by atoms with Gasteiger partial charge < -0.3 is 10.6 Å². The average molecular weight is 301 g/mol. The van der Waals surface area contributed by atoms with Gasteiger partial charge in [-0.25, -0.2) is 0 Å². The van der Waals surface area contributed by atoms with E-state index in [9.17, 15) is 0 Å². The van der Waals surface area contributed by atoms with Crippen molar-refractivity contribution in [2.24, 2.45) is 5.73 Å². The van der Waals surface area contributed by atoms with Gasteiger partial charge in [-0.1, -0.05) is 35.3 Å². The van der Waals surface area contributed by atoms with Crippen LogP contribution in [-0.2, 0) is 0 Å². The first-order valence-corrected chi connectivity index (χ1v) is 7.84. The van der Waals surface area contributed by atoms with Crippen LogP contribution in [0.4, 0.5) is 0 Å². The predicted octanol–water partition coefficient (Wildman–Crippen LogP) is 3.91. The second-order valence-corrected chi connectivity index (χ2v) is 6.04. The van der Waals surface area contributed by atoms with Gasteiger partial charge in [0.2, 0.25) is 0 Å². The van der Waals surface area contributed by atoms with E-state index in [4.69, 9.17) is 28.9 Å². The first kappa shape index (κ1) is 15.1. The number of hydrogen-bond acceptors (Lipinski definition) is 2. The molecule has 0 radical (unpaired) electrons. The van der Waals surface area contributed by atoms with Gasteiger partial charge in [0.25, 0.3) is 0 Å². The van der Waals surface area contributed by atoms with Crippen LogP contribution in [0.1, 0.15) is 37.2 Å². The van der Waals surface area contributed by atoms with Crippen molar-refractivity contribution in [1.29, 1.82) is 0 Å². The zero-order valence-corrected chi connectivity index (χ0v) is 12.8. The van der Waals surface area contributed by atoms with Gasteiger partial charge in [-0.15, -0.1) is 0 Å². The maximum Gasteiger partial charge on any atom is 0.0627 e. The van der Waals surface area contributed by atoms with Crippen LogP contribution in [0.25, 0.3) is 0 Å². The topological polar surface area (TPSA) is 29.3 Å². The van der Waals surface area contributed by atoms with Crippen LogP contribution in [0.3, 0.4) is 0 Å². The zero-order chi connectivity index (χ0) is 13.7. The lowest BCUT2D eigenvalue weighted by Gasteiger charge is -2.32. The Kier molecular flexibility index (Phi) is 5.96. The molecular formula is C15H22Cl2N2. The third kappa shape index (κ3) is 4.09. The molecule has 1 aromatic carbocycles. The van der Waals surface area contributed by atoms with Crippen LogP contribution in [0.5, 0.6) is 0 Å². The summed E-state index contributed by atoms with van der Waals surface area (Å²) < 4.78 is 0. The van der Waals surface area contributed by atoms with Gasteiger partial charge in [-0.05, 0) is 69.4 Å². The number of piperidine rings is 1. The standard InChI is InChI=1S/C15H22Cl2N2/c16-14-5-3-4-13(15(14)17)12-6-10-19(11-7-12)9-2-1-8-18/h3-5,12H,1-2,6-11,18H2. The van der Waals surface area contributed by atoms with Gasteiger partial charge in [-0.3, -0.25) is 0 Å². The molecule has 0 spiro atoms. The van der Waals surface area contributed by atoms with Crippen molar-refractivity contribution in [1.82, 2.24) is 4.90 Å². The first-order chi connectivity index (χ1) is 9.22. The first-order valence-electron chi connectivity index (χ1n) is 7.08. The Morgan fingerprint density at radius 1 is 1.16 bits per heavy atom. The molecule has 2 N–H and O–H groups in total. The maximum atomic E-state index is 6.31. The molecule has 0 aliphatic carbocycles. The fourth-order valence-corrected chi connectivity index (χ4v) is 3.25. The van der Waals surface area contributed by atoms with Crippen molar-refractivity contribution >= 4 is 23.2 Å². The summed E-state index contributed by atoms with van der Waals surface area (Å²) >= 11 is 12.4. The molecule has 0 saturated carbocycles. The Hall–Kier alpha value is -0.280. The normalized spacial score (nSPS) is 17.8. The van der Waals surface area contributed by atoms with E-state index in [-0.39, 0.29) is 0 Å². The Morgan fingerprint density at radius 2 is 1.89 bits per heavy atom. The molecule has 4 heteroatoms. The molecule has 1 heterocycles. The van der Waals surface area contributed by atoms with Crippen molar-refractivity contribution < 1.29 is 0 Å². The monoisotopic (exact) mass is 300 g/mol. The van der Waals surface area contributed by atoms with Gasteiger partial charge in [0.15, 0.2) is 0 Å². The molecule has 1 aromatic rings. The largest absolute Gasteiger partial charge is 0.330 e. The van der Waals surface area contributed by atoms with E-state index < -0.39 is 0 Å². The highest BCUT2D eigenvalue weighted by Crippen LogP contribution is 2.36. The molecule has 2 nitrogen and oxygen atoms in total. The summed E-state index contributed by atoms with van der Waals surface area (Å²) in [6.45, 7) is 4.28. The van der Waals surface area contributed by atoms with Gasteiger partial charge in [-0.2, -0.15) is 0 Å². The highest BCUT2D eigenvalue weighted by Gasteiger charge is 2.22. The van der Waals surface area contributed by atoms with Crippen molar-refractivity contribution in [3.63, 3.8) is 0 Å². The minimum atomic E-state index is 0.553. The summed E-state index contributed by atoms with van der Waals surface area (Å²) in [6, 6.07) is 5.97. The van der Waals surface area contributed by atoms with E-state index in [1.165, 1.54) is 31.4 Å². The van der Waals surface area contributed by atoms with Gasteiger partial charge >= 0.3 is 0 Å². The molecule has 0 aromatic heterocycles. The number of rotatable bonds is 5. The molecule has 1 aliphatic heterocycles. The highest BCUT2D eigenvalue weighted by molar-refractivity contribution is 6.42. The van der Waals surface area contributed by atoms with Crippen LogP contribution in [0, 0.1) is 0 Å². The van der Waals surface area contributed by atoms with E-state index in [1.54, 1.807) is 0 Å². The number of halogens is 2. The van der Waals surface area contributed by atoms with E-state index in [0.717, 1.165) is 31.1 Å². The van der Waals surface area contributed by atoms with Crippen LogP contribution in [0.2, 0.25) is 10.0 Å². The lowest BCUT2D eigenvalue weighted by atomic mass is 9.89. The Labute approximate surface area is 125 Å². The smallest absolute Gasteiger partial charge is 0.0627 e. The molecule has 0 bridgehead atoms. The van der Waals surface area contributed by atoms with Crippen molar-refractivity contribution in [3.05, 3.63) is 33.8 Å². The lowest BCUT2D eigenvalue weighted by molar-refractivity contribution is 0.209. The number of benzene rings is 1. The van der Waals surface area contributed by atoms with E-state index in [0.29, 0.717) is 10.9 Å². The summed E-state index contributed by atoms with van der Waals surface area (Å²) in [7, 11) is 0. The molecule has 19 heavy (non-hydrogen) atoms. The summed E-state index contributed by atoms with van der Waals surface area (Å²) in [5.74, 6) is 0.553. The fourth-order valence-electron chi connectivity index (χ4n) is 2.78. The summed E-state index contributed by atoms with van der Waals surface area (Å²) in [5, 5.41) is 1.41. The quantitative estimate of drug-likeness (QED) is 0.835. The molecule has 0 unspecified atom stereocenters. The van der Waals surface area contributed by atoms with Gasteiger partial charge in [0.1, 0.15) is 0 Å². The summed E-state index contributed by atoms with van der Waals surface area (Å²) in [6.07, 6.45) is 4.67. The maximum absolute atomic E-state index is 6.31. The molecule has 1 fully saturated rings. The number of nitrogens with two attached hydrogens (primary N) is 1. The van der Waals surface area contributed by atoms with Crippen LogP contribution < -0.4 is 5.73 Å².